The van der Waals surface area contributed by atoms with E-state index in [1.165, 1.54) is 12.8 Å². The maximum Gasteiger partial charge on any atom is 0.237 e. The summed E-state index contributed by atoms with van der Waals surface area (Å²) < 4.78 is 21.8. The van der Waals surface area contributed by atoms with Crippen LogP contribution in [-0.4, -0.2) is 53.2 Å². The van der Waals surface area contributed by atoms with Gasteiger partial charge in [-0.3, -0.25) is 19.6 Å². The summed E-state index contributed by atoms with van der Waals surface area (Å²) in [5.74, 6) is 0.740. The lowest BCUT2D eigenvalue weighted by molar-refractivity contribution is -0.120. The number of aromatic nitrogens is 3. The zero-order valence-electron chi connectivity index (χ0n) is 25.4. The molecular formula is C34H36N6O6. The number of carbonyl (C=O) groups is 2. The number of anilines is 1. The molecule has 0 aromatic carbocycles. The number of nitrogens with one attached hydrogen (secondary N) is 1. The molecule has 0 unspecified atom stereocenters. The van der Waals surface area contributed by atoms with Gasteiger partial charge >= 0.3 is 0 Å². The Balaban J connectivity index is 0.000000169. The van der Waals surface area contributed by atoms with Crippen molar-refractivity contribution >= 4 is 17.6 Å². The van der Waals surface area contributed by atoms with E-state index in [0.29, 0.717) is 55.1 Å². The van der Waals surface area contributed by atoms with Crippen LogP contribution in [0.25, 0.3) is 0 Å². The summed E-state index contributed by atoms with van der Waals surface area (Å²) >= 11 is 0. The van der Waals surface area contributed by atoms with Gasteiger partial charge in [-0.05, 0) is 86.8 Å². The number of nitrogens with zero attached hydrogens (tertiary/aromatic N) is 4. The molecular weight excluding hydrogens is 588 g/mol. The molecule has 2 amide bonds. The molecule has 3 aromatic heterocycles. The highest BCUT2D eigenvalue weighted by atomic mass is 16.7. The van der Waals surface area contributed by atoms with Crippen molar-refractivity contribution in [1.29, 1.82) is 5.26 Å². The van der Waals surface area contributed by atoms with E-state index in [-0.39, 0.29) is 11.8 Å². The van der Waals surface area contributed by atoms with Crippen LogP contribution in [0, 0.1) is 17.2 Å². The lowest BCUT2D eigenvalue weighted by Crippen LogP contribution is -2.29. The fourth-order valence-corrected chi connectivity index (χ4v) is 5.94. The number of pyridine rings is 3. The van der Waals surface area contributed by atoms with Crippen LogP contribution in [0.5, 0.6) is 0 Å². The van der Waals surface area contributed by atoms with Gasteiger partial charge in [-0.1, -0.05) is 12.1 Å². The van der Waals surface area contributed by atoms with Crippen molar-refractivity contribution in [3.8, 4) is 6.07 Å². The number of nitrogens with two attached hydrogens (primary N) is 1. The lowest BCUT2D eigenvalue weighted by Gasteiger charge is -2.17. The minimum atomic E-state index is -0.638. The lowest BCUT2D eigenvalue weighted by atomic mass is 10.00. The van der Waals surface area contributed by atoms with E-state index < -0.39 is 23.4 Å². The third-order valence-corrected chi connectivity index (χ3v) is 9.21. The van der Waals surface area contributed by atoms with Gasteiger partial charge in [-0.15, -0.1) is 0 Å². The summed E-state index contributed by atoms with van der Waals surface area (Å²) in [6.45, 7) is 2.26. The molecule has 12 heteroatoms. The van der Waals surface area contributed by atoms with Crippen LogP contribution in [0.4, 0.5) is 5.82 Å². The molecule has 5 fully saturated rings. The zero-order valence-corrected chi connectivity index (χ0v) is 25.4. The van der Waals surface area contributed by atoms with Gasteiger partial charge in [-0.2, -0.15) is 5.26 Å². The smallest absolute Gasteiger partial charge is 0.237 e. The van der Waals surface area contributed by atoms with E-state index in [9.17, 15) is 14.9 Å². The van der Waals surface area contributed by atoms with Gasteiger partial charge in [0.15, 0.2) is 0 Å². The Labute approximate surface area is 266 Å². The first-order chi connectivity index (χ1) is 22.4. The first-order valence-electron chi connectivity index (χ1n) is 15.8. The molecule has 5 aliphatic rings. The van der Waals surface area contributed by atoms with Crippen LogP contribution in [-0.2, 0) is 45.8 Å². The highest BCUT2D eigenvalue weighted by Gasteiger charge is 2.53. The first kappa shape index (κ1) is 30.4. The molecule has 0 bridgehead atoms. The summed E-state index contributed by atoms with van der Waals surface area (Å²) in [4.78, 5) is 38.0. The maximum atomic E-state index is 13.1. The van der Waals surface area contributed by atoms with Gasteiger partial charge < -0.3 is 30.0 Å². The van der Waals surface area contributed by atoms with Crippen LogP contribution >= 0.6 is 0 Å². The van der Waals surface area contributed by atoms with Gasteiger partial charge in [0.1, 0.15) is 11.9 Å². The molecule has 5 heterocycles. The van der Waals surface area contributed by atoms with Crippen molar-refractivity contribution in [2.75, 3.05) is 31.7 Å². The van der Waals surface area contributed by atoms with Crippen LogP contribution in [0.2, 0.25) is 0 Å². The molecule has 0 radical (unpaired) electrons. The molecule has 2 aliphatic heterocycles. The van der Waals surface area contributed by atoms with E-state index in [2.05, 4.69) is 26.3 Å². The first-order valence-corrected chi connectivity index (χ1v) is 15.8. The molecule has 3 N–H and O–H groups in total. The van der Waals surface area contributed by atoms with Gasteiger partial charge in [0, 0.05) is 6.20 Å². The number of amides is 2. The molecule has 2 saturated heterocycles. The van der Waals surface area contributed by atoms with Crippen molar-refractivity contribution in [1.82, 2.24) is 15.0 Å². The minimum Gasteiger partial charge on any atom is -0.369 e. The summed E-state index contributed by atoms with van der Waals surface area (Å²) in [6, 6.07) is 15.2. The Morgan fingerprint density at radius 3 is 1.89 bits per heavy atom. The molecule has 3 aromatic rings. The van der Waals surface area contributed by atoms with E-state index in [1.807, 2.05) is 42.5 Å². The van der Waals surface area contributed by atoms with Crippen LogP contribution in [0.15, 0.2) is 48.7 Å². The number of hydrogen-bond acceptors (Lipinski definition) is 10. The average Bonchev–Trinajstić information content (AvgIpc) is 4.05. The number of ether oxygens (including phenoxy) is 4. The summed E-state index contributed by atoms with van der Waals surface area (Å²) in [6.07, 6.45) is 7.02. The van der Waals surface area contributed by atoms with E-state index in [4.69, 9.17) is 24.7 Å². The van der Waals surface area contributed by atoms with E-state index >= 15 is 0 Å². The second-order valence-electron chi connectivity index (χ2n) is 12.5. The molecule has 46 heavy (non-hydrogen) atoms. The fraction of sp³-hybridized carbons (Fsp3) is 0.471. The standard InChI is InChI=1S/C22H22N4O3.C12H14N2O3/c23-12-16-13-24-19(11-15(16)10-14-4-5-14)26-21(27)22(6-7-22)18-3-1-2-17(25-18)20-28-8-9-29-20;13-11(15)12(4-5-12)9-3-1-2-8(14-9)10-16-6-7-17-10/h1-3,11,13-14,20H,4-10H2,(H,24,26,27);1-3,10H,4-7H2,(H2,13,15). The van der Waals surface area contributed by atoms with Crippen LogP contribution < -0.4 is 11.1 Å². The Kier molecular flexibility index (Phi) is 8.25. The Bertz CT molecular complexity index is 1670. The summed E-state index contributed by atoms with van der Waals surface area (Å²) in [7, 11) is 0. The minimum absolute atomic E-state index is 0.106. The molecule has 12 nitrogen and oxygen atoms in total. The number of nitriles is 1. The number of primary amides is 1. The largest absolute Gasteiger partial charge is 0.369 e. The predicted molar refractivity (Wildman–Crippen MR) is 163 cm³/mol. The second-order valence-corrected chi connectivity index (χ2v) is 12.5. The Morgan fingerprint density at radius 2 is 1.41 bits per heavy atom. The van der Waals surface area contributed by atoms with Gasteiger partial charge in [0.2, 0.25) is 24.4 Å². The third-order valence-electron chi connectivity index (χ3n) is 9.21. The fourth-order valence-electron chi connectivity index (χ4n) is 5.94. The van der Waals surface area contributed by atoms with Crippen molar-refractivity contribution < 1.29 is 28.5 Å². The molecule has 0 atom stereocenters. The SMILES string of the molecule is N#Cc1cnc(NC(=O)C2(c3cccc(C4OCCO4)n3)CC2)cc1CC1CC1.NC(=O)C1(c2cccc(C3OCCO3)n2)CC1. The highest BCUT2D eigenvalue weighted by molar-refractivity contribution is 6.00. The monoisotopic (exact) mass is 624 g/mol. The molecule has 8 rings (SSSR count). The van der Waals surface area contributed by atoms with Crippen LogP contribution in [0.1, 0.15) is 85.0 Å². The maximum absolute atomic E-state index is 13.1. The summed E-state index contributed by atoms with van der Waals surface area (Å²) in [5.41, 5.74) is 8.67. The van der Waals surface area contributed by atoms with Crippen molar-refractivity contribution in [3.05, 3.63) is 82.6 Å². The molecule has 3 aliphatic carbocycles. The molecule has 238 valence electrons. The van der Waals surface area contributed by atoms with Crippen molar-refractivity contribution in [3.63, 3.8) is 0 Å². The third kappa shape index (κ3) is 6.24. The van der Waals surface area contributed by atoms with E-state index in [0.717, 1.165) is 49.1 Å². The Morgan fingerprint density at radius 1 is 0.870 bits per heavy atom. The van der Waals surface area contributed by atoms with Gasteiger partial charge in [0.05, 0.1) is 65.6 Å². The van der Waals surface area contributed by atoms with Gasteiger partial charge in [-0.25, -0.2) is 4.98 Å². The van der Waals surface area contributed by atoms with Crippen molar-refractivity contribution in [2.24, 2.45) is 11.7 Å². The van der Waals surface area contributed by atoms with Crippen LogP contribution in [0.3, 0.4) is 0 Å². The second kappa shape index (κ2) is 12.5. The quantitative estimate of drug-likeness (QED) is 0.358. The number of hydrogen-bond donors (Lipinski definition) is 2. The average molecular weight is 625 g/mol. The normalized spacial score (nSPS) is 21.1. The highest BCUT2D eigenvalue weighted by Crippen LogP contribution is 2.49. The van der Waals surface area contributed by atoms with Crippen molar-refractivity contribution in [2.45, 2.75) is 68.4 Å². The van der Waals surface area contributed by atoms with E-state index in [1.54, 1.807) is 6.20 Å². The number of rotatable bonds is 9. The van der Waals surface area contributed by atoms with Gasteiger partial charge in [0.25, 0.3) is 0 Å². The molecule has 3 saturated carbocycles. The Hall–Kier alpha value is -4.28. The topological polar surface area (TPSA) is 172 Å². The summed E-state index contributed by atoms with van der Waals surface area (Å²) in [5, 5.41) is 12.3. The number of carbonyl (C=O) groups excluding carboxylic acids is 2. The predicted octanol–water partition coefficient (Wildman–Crippen LogP) is 3.66. The molecule has 0 spiro atoms. The zero-order chi connectivity index (χ0) is 31.7.